The smallest absolute Gasteiger partial charge is 0.343 e. The molecule has 2 nitrogen and oxygen atoms in total. The van der Waals surface area contributed by atoms with Crippen LogP contribution < -0.4 is 4.74 Å². The third kappa shape index (κ3) is 2.44. The number of carbonyl (C=O) groups excluding carboxylic acids is 1. The maximum Gasteiger partial charge on any atom is 0.343 e. The fourth-order valence-corrected chi connectivity index (χ4v) is 1.72. The van der Waals surface area contributed by atoms with Crippen LogP contribution in [0.15, 0.2) is 41.1 Å². The van der Waals surface area contributed by atoms with Gasteiger partial charge in [0.2, 0.25) is 0 Å². The molecule has 76 valence electrons. The molecule has 2 aromatic rings. The summed E-state index contributed by atoms with van der Waals surface area (Å²) in [7, 11) is 0. The molecule has 0 bridgehead atoms. The highest BCUT2D eigenvalue weighted by atomic mass is 32.1. The first kappa shape index (κ1) is 9.93. The zero-order valence-corrected chi connectivity index (χ0v) is 9.08. The molecular weight excluding hydrogens is 208 g/mol. The maximum absolute atomic E-state index is 11.6. The van der Waals surface area contributed by atoms with E-state index in [1.807, 2.05) is 24.4 Å². The first-order chi connectivity index (χ1) is 7.25. The van der Waals surface area contributed by atoms with E-state index in [0.717, 1.165) is 5.56 Å². The Morgan fingerprint density at radius 1 is 1.20 bits per heavy atom. The number of esters is 1. The number of benzene rings is 1. The predicted molar refractivity (Wildman–Crippen MR) is 60.5 cm³/mol. The van der Waals surface area contributed by atoms with E-state index >= 15 is 0 Å². The van der Waals surface area contributed by atoms with Gasteiger partial charge in [-0.25, -0.2) is 4.79 Å². The Hall–Kier alpha value is -1.61. The van der Waals surface area contributed by atoms with Crippen LogP contribution in [-0.4, -0.2) is 5.97 Å². The van der Waals surface area contributed by atoms with Crippen LogP contribution >= 0.6 is 11.3 Å². The monoisotopic (exact) mass is 218 g/mol. The van der Waals surface area contributed by atoms with Crippen molar-refractivity contribution in [3.63, 3.8) is 0 Å². The molecule has 0 fully saturated rings. The van der Waals surface area contributed by atoms with Crippen LogP contribution in [0.1, 0.15) is 15.9 Å². The molecule has 2 rings (SSSR count). The van der Waals surface area contributed by atoms with Crippen molar-refractivity contribution in [2.75, 3.05) is 0 Å². The lowest BCUT2D eigenvalue weighted by Crippen LogP contribution is -2.07. The predicted octanol–water partition coefficient (Wildman–Crippen LogP) is 3.28. The summed E-state index contributed by atoms with van der Waals surface area (Å²) in [5.41, 5.74) is 1.70. The van der Waals surface area contributed by atoms with Gasteiger partial charge in [0, 0.05) is 5.38 Å². The van der Waals surface area contributed by atoms with Gasteiger partial charge in [0.25, 0.3) is 0 Å². The van der Waals surface area contributed by atoms with Gasteiger partial charge >= 0.3 is 5.97 Å². The Labute approximate surface area is 92.1 Å². The molecule has 0 saturated carbocycles. The van der Waals surface area contributed by atoms with Crippen molar-refractivity contribution in [3.05, 3.63) is 52.2 Å². The van der Waals surface area contributed by atoms with Crippen molar-refractivity contribution in [2.24, 2.45) is 0 Å². The molecule has 1 heterocycles. The Balaban J connectivity index is 2.11. The lowest BCUT2D eigenvalue weighted by Gasteiger charge is -2.01. The first-order valence-electron chi connectivity index (χ1n) is 4.57. The standard InChI is InChI=1S/C12H10O2S/c1-9-2-4-10(5-3-9)12(13)14-11-6-7-15-8-11/h2-8H,1H3. The Morgan fingerprint density at radius 3 is 2.53 bits per heavy atom. The van der Waals surface area contributed by atoms with Gasteiger partial charge in [-0.15, -0.1) is 11.3 Å². The summed E-state index contributed by atoms with van der Waals surface area (Å²) in [6.45, 7) is 1.98. The summed E-state index contributed by atoms with van der Waals surface area (Å²) >= 11 is 1.50. The molecule has 0 radical (unpaired) electrons. The van der Waals surface area contributed by atoms with Gasteiger partial charge in [-0.1, -0.05) is 17.7 Å². The molecule has 15 heavy (non-hydrogen) atoms. The second-order valence-corrected chi connectivity index (χ2v) is 3.99. The molecule has 3 heteroatoms. The minimum absolute atomic E-state index is 0.312. The third-order valence-electron chi connectivity index (χ3n) is 1.99. The number of hydrogen-bond acceptors (Lipinski definition) is 3. The molecule has 0 aliphatic heterocycles. The fourth-order valence-electron chi connectivity index (χ4n) is 1.17. The van der Waals surface area contributed by atoms with Crippen LogP contribution in [-0.2, 0) is 0 Å². The van der Waals surface area contributed by atoms with Crippen molar-refractivity contribution in [1.29, 1.82) is 0 Å². The second kappa shape index (κ2) is 4.28. The molecule has 0 aliphatic carbocycles. The van der Waals surface area contributed by atoms with Crippen LogP contribution in [0.4, 0.5) is 0 Å². The summed E-state index contributed by atoms with van der Waals surface area (Å²) in [5.74, 6) is 0.291. The summed E-state index contributed by atoms with van der Waals surface area (Å²) < 4.78 is 5.15. The van der Waals surface area contributed by atoms with E-state index in [1.165, 1.54) is 11.3 Å². The number of rotatable bonds is 2. The van der Waals surface area contributed by atoms with Crippen molar-refractivity contribution in [1.82, 2.24) is 0 Å². The Bertz CT molecular complexity index is 443. The van der Waals surface area contributed by atoms with Gasteiger partial charge in [0.15, 0.2) is 0 Å². The average Bonchev–Trinajstić information content (AvgIpc) is 2.71. The van der Waals surface area contributed by atoms with Gasteiger partial charge in [0.1, 0.15) is 5.75 Å². The van der Waals surface area contributed by atoms with E-state index in [4.69, 9.17) is 4.74 Å². The summed E-state index contributed by atoms with van der Waals surface area (Å²) in [5, 5.41) is 3.67. The average molecular weight is 218 g/mol. The molecule has 0 N–H and O–H groups in total. The molecule has 1 aromatic heterocycles. The quantitative estimate of drug-likeness (QED) is 0.723. The van der Waals surface area contributed by atoms with Crippen molar-refractivity contribution in [3.8, 4) is 5.75 Å². The number of ether oxygens (including phenoxy) is 1. The molecule has 0 aliphatic rings. The lowest BCUT2D eigenvalue weighted by atomic mass is 10.1. The highest BCUT2D eigenvalue weighted by Crippen LogP contribution is 2.16. The highest BCUT2D eigenvalue weighted by molar-refractivity contribution is 7.08. The summed E-state index contributed by atoms with van der Waals surface area (Å²) in [6.07, 6.45) is 0. The van der Waals surface area contributed by atoms with Crippen molar-refractivity contribution >= 4 is 17.3 Å². The van der Waals surface area contributed by atoms with E-state index in [9.17, 15) is 4.79 Å². The van der Waals surface area contributed by atoms with Gasteiger partial charge < -0.3 is 4.74 Å². The van der Waals surface area contributed by atoms with Gasteiger partial charge in [-0.3, -0.25) is 0 Å². The SMILES string of the molecule is Cc1ccc(C(=O)Oc2ccsc2)cc1. The zero-order chi connectivity index (χ0) is 10.7. The maximum atomic E-state index is 11.6. The number of thiophene rings is 1. The van der Waals surface area contributed by atoms with E-state index in [-0.39, 0.29) is 5.97 Å². The third-order valence-corrected chi connectivity index (χ3v) is 2.65. The number of hydrogen-bond donors (Lipinski definition) is 0. The van der Waals surface area contributed by atoms with E-state index in [0.29, 0.717) is 11.3 Å². The van der Waals surface area contributed by atoms with E-state index in [1.54, 1.807) is 23.6 Å². The normalized spacial score (nSPS) is 9.93. The van der Waals surface area contributed by atoms with Crippen LogP contribution in [0.5, 0.6) is 5.75 Å². The van der Waals surface area contributed by atoms with Gasteiger partial charge in [-0.2, -0.15) is 0 Å². The molecule has 0 saturated heterocycles. The molecule has 0 atom stereocenters. The minimum atomic E-state index is -0.312. The minimum Gasteiger partial charge on any atom is -0.422 e. The number of aryl methyl sites for hydroxylation is 1. The molecule has 0 unspecified atom stereocenters. The van der Waals surface area contributed by atoms with Gasteiger partial charge in [0.05, 0.1) is 5.56 Å². The second-order valence-electron chi connectivity index (χ2n) is 3.21. The van der Waals surface area contributed by atoms with Crippen molar-refractivity contribution < 1.29 is 9.53 Å². The van der Waals surface area contributed by atoms with Crippen LogP contribution in [0.2, 0.25) is 0 Å². The molecule has 0 spiro atoms. The van der Waals surface area contributed by atoms with Crippen molar-refractivity contribution in [2.45, 2.75) is 6.92 Å². The van der Waals surface area contributed by atoms with Crippen LogP contribution in [0.25, 0.3) is 0 Å². The molecule has 0 amide bonds. The van der Waals surface area contributed by atoms with E-state index < -0.39 is 0 Å². The molecular formula is C12H10O2S. The summed E-state index contributed by atoms with van der Waals surface area (Å²) in [6, 6.07) is 9.10. The summed E-state index contributed by atoms with van der Waals surface area (Å²) in [4.78, 5) is 11.6. The number of carbonyl (C=O) groups is 1. The Morgan fingerprint density at radius 2 is 1.93 bits per heavy atom. The van der Waals surface area contributed by atoms with Crippen LogP contribution in [0, 0.1) is 6.92 Å². The largest absolute Gasteiger partial charge is 0.422 e. The fraction of sp³-hybridized carbons (Fsp3) is 0.0833. The Kier molecular flexibility index (Phi) is 2.83. The lowest BCUT2D eigenvalue weighted by molar-refractivity contribution is 0.0735. The zero-order valence-electron chi connectivity index (χ0n) is 8.27. The highest BCUT2D eigenvalue weighted by Gasteiger charge is 2.07. The first-order valence-corrected chi connectivity index (χ1v) is 5.51. The van der Waals surface area contributed by atoms with Gasteiger partial charge in [-0.05, 0) is 30.5 Å². The van der Waals surface area contributed by atoms with E-state index in [2.05, 4.69) is 0 Å². The van der Waals surface area contributed by atoms with Crippen LogP contribution in [0.3, 0.4) is 0 Å². The molecule has 1 aromatic carbocycles. The topological polar surface area (TPSA) is 26.3 Å².